The fourth-order valence-electron chi connectivity index (χ4n) is 1.76. The lowest BCUT2D eigenvalue weighted by molar-refractivity contribution is 0.677. The second kappa shape index (κ2) is 2.80. The van der Waals surface area contributed by atoms with Crippen LogP contribution in [-0.4, -0.2) is 9.78 Å². The topological polar surface area (TPSA) is 20.7 Å². The molecule has 0 bridgehead atoms. The number of hydrogen-bond donors (Lipinski definition) is 1. The number of hydrogen-bond acceptors (Lipinski definition) is 0. The molecular weight excluding hydrogens is 160 g/mol. The Bertz CT molecular complexity index is 406. The van der Waals surface area contributed by atoms with E-state index in [0.717, 1.165) is 0 Å². The molecule has 1 N–H and O–H groups in total. The first-order valence-corrected chi connectivity index (χ1v) is 4.47. The summed E-state index contributed by atoms with van der Waals surface area (Å²) in [5.74, 6) is 0. The first kappa shape index (κ1) is 8.17. The third kappa shape index (κ3) is 1.28. The lowest BCUT2D eigenvalue weighted by atomic mass is 10.1. The molecule has 1 aromatic heterocycles. The Kier molecular flexibility index (Phi) is 1.76. The van der Waals surface area contributed by atoms with E-state index in [1.807, 2.05) is 11.7 Å². The predicted molar refractivity (Wildman–Crippen MR) is 54.7 cm³/mol. The molecule has 0 aliphatic heterocycles. The lowest BCUT2D eigenvalue weighted by Gasteiger charge is -2.18. The van der Waals surface area contributed by atoms with Gasteiger partial charge in [-0.15, -0.1) is 0 Å². The average molecular weight is 174 g/mol. The molecule has 0 atom stereocenters. The van der Waals surface area contributed by atoms with Crippen LogP contribution in [0.1, 0.15) is 11.3 Å². The summed E-state index contributed by atoms with van der Waals surface area (Å²) in [7, 11) is 2.03. The number of aryl methyl sites for hydroxylation is 3. The third-order valence-corrected chi connectivity index (χ3v) is 2.32. The zero-order valence-corrected chi connectivity index (χ0v) is 8.26. The van der Waals surface area contributed by atoms with Crippen molar-refractivity contribution in [2.24, 2.45) is 7.05 Å². The van der Waals surface area contributed by atoms with Gasteiger partial charge in [0.1, 0.15) is 0 Å². The summed E-state index contributed by atoms with van der Waals surface area (Å²) in [6, 6.07) is 8.56. The minimum absolute atomic E-state index is 1.24. The summed E-state index contributed by atoms with van der Waals surface area (Å²) in [5.41, 5.74) is 5.13. The van der Waals surface area contributed by atoms with Crippen molar-refractivity contribution in [2.45, 2.75) is 13.8 Å². The summed E-state index contributed by atoms with van der Waals surface area (Å²) in [6.45, 7) is 4.21. The number of benzene rings is 1. The molecule has 2 nitrogen and oxygen atoms in total. The maximum atomic E-state index is 3.19. The Hall–Kier alpha value is -1.44. The minimum atomic E-state index is 1.24. The van der Waals surface area contributed by atoms with E-state index in [1.54, 1.807) is 0 Å². The number of rotatable bonds is 1. The summed E-state index contributed by atoms with van der Waals surface area (Å²) in [6.07, 6.45) is 0. The van der Waals surface area contributed by atoms with Crippen molar-refractivity contribution in [2.75, 3.05) is 0 Å². The highest BCUT2D eigenvalue weighted by atomic mass is 15.3. The van der Waals surface area contributed by atoms with Gasteiger partial charge in [0.25, 0.3) is 0 Å². The molecule has 0 unspecified atom stereocenters. The van der Waals surface area contributed by atoms with Gasteiger partial charge in [-0.3, -0.25) is 4.68 Å². The summed E-state index contributed by atoms with van der Waals surface area (Å²) < 4.78 is 2.05. The van der Waals surface area contributed by atoms with E-state index in [1.165, 1.54) is 22.5 Å². The van der Waals surface area contributed by atoms with Crippen molar-refractivity contribution >= 4 is 0 Å². The highest BCUT2D eigenvalue weighted by Gasteiger charge is 2.08. The summed E-state index contributed by atoms with van der Waals surface area (Å²) in [4.78, 5) is 0. The van der Waals surface area contributed by atoms with Gasteiger partial charge in [0.2, 0.25) is 0 Å². The van der Waals surface area contributed by atoms with E-state index < -0.39 is 0 Å². The first-order valence-electron chi connectivity index (χ1n) is 4.47. The van der Waals surface area contributed by atoms with Crippen LogP contribution in [-0.2, 0) is 7.05 Å². The van der Waals surface area contributed by atoms with Crippen LogP contribution in [0.4, 0.5) is 0 Å². The molecule has 0 radical (unpaired) electrons. The lowest BCUT2D eigenvalue weighted by Crippen LogP contribution is -2.11. The van der Waals surface area contributed by atoms with Crippen LogP contribution >= 0.6 is 0 Å². The molecule has 68 valence electrons. The molecular formula is C11H14N2. The highest BCUT2D eigenvalue weighted by Crippen LogP contribution is 2.23. The van der Waals surface area contributed by atoms with E-state index in [9.17, 15) is 0 Å². The Morgan fingerprint density at radius 3 is 2.54 bits per heavy atom. The number of aromatic amines is 1. The normalized spacial score (nSPS) is 10.7. The van der Waals surface area contributed by atoms with Crippen molar-refractivity contribution in [1.29, 1.82) is 0 Å². The molecule has 0 saturated carbocycles. The number of aromatic nitrogens is 2. The predicted octanol–water partition coefficient (Wildman–Crippen LogP) is 2.64. The fraction of sp³-hybridized carbons (Fsp3) is 0.273. The SMILES string of the molecule is Cc1cccc(-c2c(C)[nH]n2C)c1. The standard InChI is InChI=1S/C11H14N2/c1-8-5-4-6-10(7-8)11-9(2)12-13(11)3/h4-7,12H,1-3H3. The van der Waals surface area contributed by atoms with E-state index >= 15 is 0 Å². The molecule has 0 spiro atoms. The number of nitrogens with zero attached hydrogens (tertiary/aromatic N) is 1. The monoisotopic (exact) mass is 174 g/mol. The number of H-pyrrole nitrogens is 1. The van der Waals surface area contributed by atoms with Crippen LogP contribution in [0, 0.1) is 13.8 Å². The first-order chi connectivity index (χ1) is 6.18. The molecule has 1 aromatic carbocycles. The smallest absolute Gasteiger partial charge is 0.0845 e. The van der Waals surface area contributed by atoms with Gasteiger partial charge in [0, 0.05) is 12.6 Å². The molecule has 0 aliphatic rings. The molecule has 0 fully saturated rings. The van der Waals surface area contributed by atoms with Gasteiger partial charge in [-0.25, -0.2) is 0 Å². The van der Waals surface area contributed by atoms with Crippen molar-refractivity contribution in [3.8, 4) is 11.3 Å². The molecule has 1 heterocycles. The molecule has 13 heavy (non-hydrogen) atoms. The Balaban J connectivity index is 2.49. The van der Waals surface area contributed by atoms with Crippen LogP contribution in [0.5, 0.6) is 0 Å². The molecule has 0 aliphatic carbocycles. The van der Waals surface area contributed by atoms with Crippen LogP contribution in [0.3, 0.4) is 0 Å². The van der Waals surface area contributed by atoms with Gasteiger partial charge in [0.05, 0.1) is 11.4 Å². The molecule has 0 saturated heterocycles. The number of nitrogens with one attached hydrogen (secondary N) is 1. The van der Waals surface area contributed by atoms with Gasteiger partial charge in [0.15, 0.2) is 0 Å². The van der Waals surface area contributed by atoms with E-state index in [2.05, 4.69) is 43.2 Å². The zero-order valence-electron chi connectivity index (χ0n) is 8.26. The maximum absolute atomic E-state index is 3.19. The second-order valence-corrected chi connectivity index (χ2v) is 3.51. The van der Waals surface area contributed by atoms with Crippen LogP contribution in [0.25, 0.3) is 11.3 Å². The van der Waals surface area contributed by atoms with Gasteiger partial charge in [-0.1, -0.05) is 23.8 Å². The molecule has 0 amide bonds. The van der Waals surface area contributed by atoms with Crippen molar-refractivity contribution in [1.82, 2.24) is 9.78 Å². The van der Waals surface area contributed by atoms with Gasteiger partial charge < -0.3 is 5.10 Å². The van der Waals surface area contributed by atoms with Gasteiger partial charge in [-0.2, -0.15) is 0 Å². The van der Waals surface area contributed by atoms with Crippen LogP contribution in [0.15, 0.2) is 24.3 Å². The Morgan fingerprint density at radius 2 is 2.00 bits per heavy atom. The van der Waals surface area contributed by atoms with Crippen molar-refractivity contribution in [3.63, 3.8) is 0 Å². The molecule has 2 rings (SSSR count). The molecule has 2 heteroatoms. The van der Waals surface area contributed by atoms with E-state index in [4.69, 9.17) is 0 Å². The third-order valence-electron chi connectivity index (χ3n) is 2.32. The zero-order chi connectivity index (χ0) is 9.42. The van der Waals surface area contributed by atoms with Gasteiger partial charge in [-0.05, 0) is 19.9 Å². The van der Waals surface area contributed by atoms with Crippen molar-refractivity contribution in [3.05, 3.63) is 35.5 Å². The Morgan fingerprint density at radius 1 is 1.23 bits per heavy atom. The fourth-order valence-corrected chi connectivity index (χ4v) is 1.76. The summed E-state index contributed by atoms with van der Waals surface area (Å²) >= 11 is 0. The minimum Gasteiger partial charge on any atom is -0.301 e. The van der Waals surface area contributed by atoms with E-state index in [-0.39, 0.29) is 0 Å². The second-order valence-electron chi connectivity index (χ2n) is 3.51. The highest BCUT2D eigenvalue weighted by molar-refractivity contribution is 5.63. The maximum Gasteiger partial charge on any atom is 0.0845 e. The molecule has 2 aromatic rings. The summed E-state index contributed by atoms with van der Waals surface area (Å²) in [5, 5.41) is 3.19. The van der Waals surface area contributed by atoms with Crippen molar-refractivity contribution < 1.29 is 0 Å². The quantitative estimate of drug-likeness (QED) is 0.686. The van der Waals surface area contributed by atoms with Gasteiger partial charge >= 0.3 is 0 Å². The van der Waals surface area contributed by atoms with Crippen LogP contribution < -0.4 is 0 Å². The largest absolute Gasteiger partial charge is 0.301 e. The Labute approximate surface area is 78.2 Å². The van der Waals surface area contributed by atoms with E-state index in [0.29, 0.717) is 0 Å². The van der Waals surface area contributed by atoms with Crippen LogP contribution in [0.2, 0.25) is 0 Å². The average Bonchev–Trinajstić information content (AvgIpc) is 2.03.